The molecule has 1 aliphatic heterocycles. The number of hydrogen-bond donors (Lipinski definition) is 1. The topological polar surface area (TPSA) is 66.5 Å². The van der Waals surface area contributed by atoms with Crippen molar-refractivity contribution in [3.8, 4) is 0 Å². The predicted molar refractivity (Wildman–Crippen MR) is 96.9 cm³/mol. The zero-order chi connectivity index (χ0) is 22.1. The van der Waals surface area contributed by atoms with E-state index in [1.807, 2.05) is 0 Å². The molecule has 1 aliphatic rings. The first-order chi connectivity index (χ1) is 14.0. The van der Waals surface area contributed by atoms with Crippen molar-refractivity contribution in [3.05, 3.63) is 65.5 Å². The molecule has 0 aromatic heterocycles. The summed E-state index contributed by atoms with van der Waals surface area (Å²) in [4.78, 5) is 12.2. The van der Waals surface area contributed by atoms with Gasteiger partial charge >= 0.3 is 6.18 Å². The van der Waals surface area contributed by atoms with E-state index in [0.717, 1.165) is 36.4 Å². The largest absolute Gasteiger partial charge is 0.416 e. The molecule has 5 nitrogen and oxygen atoms in total. The lowest BCUT2D eigenvalue weighted by molar-refractivity contribution is -0.137. The van der Waals surface area contributed by atoms with Gasteiger partial charge in [-0.05, 0) is 42.0 Å². The number of benzene rings is 2. The Labute approximate surface area is 169 Å². The van der Waals surface area contributed by atoms with Crippen LogP contribution in [0.2, 0.25) is 0 Å². The summed E-state index contributed by atoms with van der Waals surface area (Å²) in [6.45, 7) is -0.688. The minimum absolute atomic E-state index is 0.158. The maximum atomic E-state index is 14.0. The van der Waals surface area contributed by atoms with Crippen LogP contribution in [-0.2, 0) is 27.5 Å². The zero-order valence-corrected chi connectivity index (χ0v) is 16.2. The molecular formula is C19H17F5N2O3S. The van der Waals surface area contributed by atoms with E-state index < -0.39 is 52.2 Å². The summed E-state index contributed by atoms with van der Waals surface area (Å²) in [6.07, 6.45) is -6.42. The summed E-state index contributed by atoms with van der Waals surface area (Å²) < 4.78 is 91.1. The molecule has 30 heavy (non-hydrogen) atoms. The summed E-state index contributed by atoms with van der Waals surface area (Å²) in [5.41, 5.74) is -0.482. The van der Waals surface area contributed by atoms with Crippen molar-refractivity contribution < 1.29 is 35.2 Å². The number of hydrogen-bond acceptors (Lipinski definition) is 3. The highest BCUT2D eigenvalue weighted by molar-refractivity contribution is 7.89. The fourth-order valence-electron chi connectivity index (χ4n) is 3.12. The second-order valence-electron chi connectivity index (χ2n) is 6.79. The van der Waals surface area contributed by atoms with Crippen molar-refractivity contribution in [1.82, 2.24) is 9.62 Å². The quantitative estimate of drug-likeness (QED) is 0.715. The second kappa shape index (κ2) is 8.31. The lowest BCUT2D eigenvalue weighted by Gasteiger charge is -2.23. The van der Waals surface area contributed by atoms with E-state index in [4.69, 9.17) is 0 Å². The van der Waals surface area contributed by atoms with Crippen LogP contribution in [0.3, 0.4) is 0 Å². The molecule has 0 radical (unpaired) electrons. The number of rotatable bonds is 5. The average molecular weight is 448 g/mol. The summed E-state index contributed by atoms with van der Waals surface area (Å²) in [5.74, 6) is -1.43. The van der Waals surface area contributed by atoms with Gasteiger partial charge in [-0.1, -0.05) is 12.1 Å². The minimum Gasteiger partial charge on any atom is -0.351 e. The van der Waals surface area contributed by atoms with Crippen LogP contribution >= 0.6 is 0 Å². The molecule has 0 bridgehead atoms. The first-order valence-electron chi connectivity index (χ1n) is 8.84. The molecule has 11 heteroatoms. The third-order valence-electron chi connectivity index (χ3n) is 4.68. The van der Waals surface area contributed by atoms with Gasteiger partial charge in [0, 0.05) is 19.5 Å². The lowest BCUT2D eigenvalue weighted by atomic mass is 10.1. The highest BCUT2D eigenvalue weighted by Crippen LogP contribution is 2.30. The fraction of sp³-hybridized carbons (Fsp3) is 0.316. The fourth-order valence-corrected chi connectivity index (χ4v) is 4.75. The minimum atomic E-state index is -4.49. The van der Waals surface area contributed by atoms with Crippen LogP contribution in [0.1, 0.15) is 17.5 Å². The Hall–Kier alpha value is -2.53. The molecule has 0 spiro atoms. The van der Waals surface area contributed by atoms with Crippen molar-refractivity contribution in [1.29, 1.82) is 0 Å². The smallest absolute Gasteiger partial charge is 0.351 e. The molecule has 1 N–H and O–H groups in total. The van der Waals surface area contributed by atoms with Gasteiger partial charge < -0.3 is 5.32 Å². The Morgan fingerprint density at radius 1 is 1.07 bits per heavy atom. The predicted octanol–water partition coefficient (Wildman–Crippen LogP) is 3.26. The number of amides is 1. The van der Waals surface area contributed by atoms with Crippen LogP contribution in [0, 0.1) is 5.82 Å². The number of carbonyl (C=O) groups excluding carboxylic acids is 1. The highest BCUT2D eigenvalue weighted by Gasteiger charge is 2.44. The number of nitrogens with zero attached hydrogens (tertiary/aromatic N) is 1. The van der Waals surface area contributed by atoms with Crippen LogP contribution in [-0.4, -0.2) is 37.4 Å². The molecule has 2 aromatic rings. The monoisotopic (exact) mass is 448 g/mol. The molecule has 2 aromatic carbocycles. The van der Waals surface area contributed by atoms with E-state index in [1.54, 1.807) is 0 Å². The van der Waals surface area contributed by atoms with Gasteiger partial charge in [-0.2, -0.15) is 17.5 Å². The molecule has 3 rings (SSSR count). The maximum Gasteiger partial charge on any atom is 0.416 e. The Bertz CT molecular complexity index is 1010. The lowest BCUT2D eigenvalue weighted by Crippen LogP contribution is -2.45. The Morgan fingerprint density at radius 3 is 2.23 bits per heavy atom. The number of sulfonamides is 1. The van der Waals surface area contributed by atoms with Crippen molar-refractivity contribution in [3.63, 3.8) is 0 Å². The first kappa shape index (κ1) is 22.2. The second-order valence-corrected chi connectivity index (χ2v) is 8.68. The van der Waals surface area contributed by atoms with Gasteiger partial charge in [0.15, 0.2) is 0 Å². The van der Waals surface area contributed by atoms with E-state index in [-0.39, 0.29) is 17.9 Å². The van der Waals surface area contributed by atoms with Gasteiger partial charge in [0.25, 0.3) is 0 Å². The van der Waals surface area contributed by atoms with Crippen molar-refractivity contribution >= 4 is 15.9 Å². The highest BCUT2D eigenvalue weighted by atomic mass is 32.2. The van der Waals surface area contributed by atoms with Crippen LogP contribution < -0.4 is 5.32 Å². The van der Waals surface area contributed by atoms with Crippen LogP contribution in [0.25, 0.3) is 0 Å². The maximum absolute atomic E-state index is 14.0. The SMILES string of the molecule is O=C(NCc1ccc(C(F)(F)F)cc1)[C@@H]1C[C@@H](F)CN1S(=O)(=O)c1ccc(F)cc1. The molecule has 2 atom stereocenters. The molecule has 1 heterocycles. The van der Waals surface area contributed by atoms with Crippen molar-refractivity contribution in [2.24, 2.45) is 0 Å². The number of halogens is 5. The Morgan fingerprint density at radius 2 is 1.67 bits per heavy atom. The van der Waals surface area contributed by atoms with E-state index in [9.17, 15) is 35.2 Å². The van der Waals surface area contributed by atoms with Crippen molar-refractivity contribution in [2.75, 3.05) is 6.54 Å². The molecule has 1 fully saturated rings. The Kier molecular flexibility index (Phi) is 6.14. The molecule has 1 amide bonds. The van der Waals surface area contributed by atoms with Gasteiger partial charge in [0.1, 0.15) is 18.0 Å². The van der Waals surface area contributed by atoms with E-state index in [0.29, 0.717) is 9.87 Å². The van der Waals surface area contributed by atoms with E-state index in [2.05, 4.69) is 5.32 Å². The van der Waals surface area contributed by atoms with Gasteiger partial charge in [-0.15, -0.1) is 0 Å². The van der Waals surface area contributed by atoms with E-state index in [1.165, 1.54) is 12.1 Å². The summed E-state index contributed by atoms with van der Waals surface area (Å²) in [5, 5.41) is 2.43. The summed E-state index contributed by atoms with van der Waals surface area (Å²) >= 11 is 0. The average Bonchev–Trinajstić information content (AvgIpc) is 3.09. The molecular weight excluding hydrogens is 431 g/mol. The Balaban J connectivity index is 1.72. The van der Waals surface area contributed by atoms with Gasteiger partial charge in [0.2, 0.25) is 15.9 Å². The molecule has 162 valence electrons. The van der Waals surface area contributed by atoms with Gasteiger partial charge in [-0.25, -0.2) is 17.2 Å². The third-order valence-corrected chi connectivity index (χ3v) is 6.56. The zero-order valence-electron chi connectivity index (χ0n) is 15.4. The van der Waals surface area contributed by atoms with Crippen LogP contribution in [0.5, 0.6) is 0 Å². The molecule has 0 saturated carbocycles. The summed E-state index contributed by atoms with van der Waals surface area (Å²) in [7, 11) is -4.25. The standard InChI is InChI=1S/C19H17F5N2O3S/c20-14-5-7-16(8-6-14)30(28,29)26-11-15(21)9-17(26)18(27)25-10-12-1-3-13(4-2-12)19(22,23)24/h1-8,15,17H,9-11H2,(H,25,27)/t15-,17+/m1/s1. The van der Waals surface area contributed by atoms with E-state index >= 15 is 0 Å². The number of carbonyl (C=O) groups is 1. The first-order valence-corrected chi connectivity index (χ1v) is 10.3. The van der Waals surface area contributed by atoms with Gasteiger partial charge in [0.05, 0.1) is 10.5 Å². The van der Waals surface area contributed by atoms with Crippen LogP contribution in [0.4, 0.5) is 22.0 Å². The normalized spacial score (nSPS) is 20.3. The van der Waals surface area contributed by atoms with Gasteiger partial charge in [-0.3, -0.25) is 4.79 Å². The molecule has 0 unspecified atom stereocenters. The number of nitrogens with one attached hydrogen (secondary N) is 1. The molecule has 1 saturated heterocycles. The molecule has 0 aliphatic carbocycles. The number of alkyl halides is 4. The summed E-state index contributed by atoms with van der Waals surface area (Å²) in [6, 6.07) is 6.68. The third kappa shape index (κ3) is 4.78. The van der Waals surface area contributed by atoms with Crippen LogP contribution in [0.15, 0.2) is 53.4 Å². The van der Waals surface area contributed by atoms with Crippen molar-refractivity contribution in [2.45, 2.75) is 36.3 Å².